The van der Waals surface area contributed by atoms with Crippen LogP contribution >= 0.6 is 0 Å². The van der Waals surface area contributed by atoms with E-state index in [0.29, 0.717) is 13.2 Å². The van der Waals surface area contributed by atoms with E-state index in [-0.39, 0.29) is 17.6 Å². The summed E-state index contributed by atoms with van der Waals surface area (Å²) in [4.78, 5) is 11.8. The van der Waals surface area contributed by atoms with Crippen LogP contribution in [0.15, 0.2) is 72.8 Å². The molecule has 0 aliphatic heterocycles. The van der Waals surface area contributed by atoms with Crippen molar-refractivity contribution >= 4 is 17.3 Å². The van der Waals surface area contributed by atoms with Gasteiger partial charge in [-0.05, 0) is 48.0 Å². The number of para-hydroxylation sites is 1. The van der Waals surface area contributed by atoms with E-state index in [2.05, 4.69) is 10.6 Å². The molecule has 0 heterocycles. The number of amides is 1. The van der Waals surface area contributed by atoms with Gasteiger partial charge in [0.15, 0.2) is 0 Å². The van der Waals surface area contributed by atoms with Gasteiger partial charge < -0.3 is 15.4 Å². The zero-order valence-corrected chi connectivity index (χ0v) is 16.6. The third kappa shape index (κ3) is 6.07. The molecular weight excluding hydrogens is 367 g/mol. The average molecular weight is 392 g/mol. The van der Waals surface area contributed by atoms with Crippen molar-refractivity contribution in [2.45, 2.75) is 27.0 Å². The molecule has 3 aromatic rings. The monoisotopic (exact) mass is 392 g/mol. The minimum absolute atomic E-state index is 0.00191. The van der Waals surface area contributed by atoms with E-state index in [0.717, 1.165) is 28.3 Å². The van der Waals surface area contributed by atoms with Crippen LogP contribution in [0.5, 0.6) is 5.75 Å². The van der Waals surface area contributed by atoms with Crippen LogP contribution in [-0.2, 0) is 17.9 Å². The van der Waals surface area contributed by atoms with Gasteiger partial charge in [0.2, 0.25) is 5.91 Å². The standard InChI is InChI=1S/C24H25FN2O2/c1-17(2)24(28)27-22-13-11-21(12-14-22)26-15-19-5-3-4-6-23(19)29-16-18-7-9-20(25)10-8-18/h3-14,17,26H,15-16H2,1-2H3,(H,27,28). The van der Waals surface area contributed by atoms with E-state index in [9.17, 15) is 9.18 Å². The molecule has 0 bridgehead atoms. The number of nitrogens with one attached hydrogen (secondary N) is 2. The third-order valence-corrected chi connectivity index (χ3v) is 4.44. The Bertz CT molecular complexity index is 938. The Morgan fingerprint density at radius 3 is 2.28 bits per heavy atom. The molecule has 0 radical (unpaired) electrons. The van der Waals surface area contributed by atoms with E-state index in [1.165, 1.54) is 12.1 Å². The minimum atomic E-state index is -0.256. The van der Waals surface area contributed by atoms with Crippen molar-refractivity contribution in [3.63, 3.8) is 0 Å². The van der Waals surface area contributed by atoms with Crippen LogP contribution in [0.2, 0.25) is 0 Å². The van der Waals surface area contributed by atoms with Gasteiger partial charge in [0, 0.05) is 29.4 Å². The van der Waals surface area contributed by atoms with Crippen molar-refractivity contribution < 1.29 is 13.9 Å². The number of hydrogen-bond acceptors (Lipinski definition) is 3. The van der Waals surface area contributed by atoms with Gasteiger partial charge in [-0.25, -0.2) is 4.39 Å². The van der Waals surface area contributed by atoms with Crippen LogP contribution in [0, 0.1) is 11.7 Å². The van der Waals surface area contributed by atoms with Gasteiger partial charge in [-0.3, -0.25) is 4.79 Å². The summed E-state index contributed by atoms with van der Waals surface area (Å²) >= 11 is 0. The highest BCUT2D eigenvalue weighted by atomic mass is 19.1. The summed E-state index contributed by atoms with van der Waals surface area (Å²) in [6.07, 6.45) is 0. The predicted octanol–water partition coefficient (Wildman–Crippen LogP) is 5.61. The first-order chi connectivity index (χ1) is 14.0. The van der Waals surface area contributed by atoms with Crippen molar-refractivity contribution in [3.05, 3.63) is 89.7 Å². The molecular formula is C24H25FN2O2. The van der Waals surface area contributed by atoms with Gasteiger partial charge >= 0.3 is 0 Å². The van der Waals surface area contributed by atoms with Gasteiger partial charge in [0.25, 0.3) is 0 Å². The average Bonchev–Trinajstić information content (AvgIpc) is 2.73. The predicted molar refractivity (Wildman–Crippen MR) is 114 cm³/mol. The van der Waals surface area contributed by atoms with Gasteiger partial charge in [-0.15, -0.1) is 0 Å². The number of halogens is 1. The molecule has 3 rings (SSSR count). The molecule has 0 saturated carbocycles. The second kappa shape index (κ2) is 9.73. The molecule has 2 N–H and O–H groups in total. The molecule has 0 saturated heterocycles. The summed E-state index contributed by atoms with van der Waals surface area (Å²) in [6, 6.07) is 21.7. The summed E-state index contributed by atoms with van der Waals surface area (Å²) in [5.74, 6) is 0.468. The van der Waals surface area contributed by atoms with Crippen LogP contribution in [0.3, 0.4) is 0 Å². The number of ether oxygens (including phenoxy) is 1. The molecule has 5 heteroatoms. The lowest BCUT2D eigenvalue weighted by atomic mass is 10.2. The number of anilines is 2. The van der Waals surface area contributed by atoms with Crippen molar-refractivity contribution in [1.82, 2.24) is 0 Å². The quantitative estimate of drug-likeness (QED) is 0.524. The normalized spacial score (nSPS) is 10.6. The molecule has 150 valence electrons. The first-order valence-electron chi connectivity index (χ1n) is 9.61. The Morgan fingerprint density at radius 1 is 0.931 bits per heavy atom. The largest absolute Gasteiger partial charge is 0.489 e. The third-order valence-electron chi connectivity index (χ3n) is 4.44. The number of carbonyl (C=O) groups is 1. The summed E-state index contributed by atoms with van der Waals surface area (Å²) in [5, 5.41) is 6.25. The Kier molecular flexibility index (Phi) is 6.85. The van der Waals surface area contributed by atoms with Gasteiger partial charge in [-0.1, -0.05) is 44.2 Å². The van der Waals surface area contributed by atoms with Gasteiger partial charge in [0.1, 0.15) is 18.2 Å². The van der Waals surface area contributed by atoms with Gasteiger partial charge in [-0.2, -0.15) is 0 Å². The molecule has 1 amide bonds. The maximum absolute atomic E-state index is 13.0. The van der Waals surface area contributed by atoms with E-state index in [1.807, 2.05) is 62.4 Å². The topological polar surface area (TPSA) is 50.4 Å². The Labute approximate surface area is 170 Å². The molecule has 0 aliphatic carbocycles. The molecule has 0 spiro atoms. The molecule has 0 aromatic heterocycles. The van der Waals surface area contributed by atoms with E-state index < -0.39 is 0 Å². The van der Waals surface area contributed by atoms with E-state index >= 15 is 0 Å². The second-order valence-electron chi connectivity index (χ2n) is 7.10. The SMILES string of the molecule is CC(C)C(=O)Nc1ccc(NCc2ccccc2OCc2ccc(F)cc2)cc1. The van der Waals surface area contributed by atoms with Crippen LogP contribution in [0.4, 0.5) is 15.8 Å². The van der Waals surface area contributed by atoms with E-state index in [1.54, 1.807) is 12.1 Å². The maximum Gasteiger partial charge on any atom is 0.226 e. The fourth-order valence-electron chi connectivity index (χ4n) is 2.69. The van der Waals surface area contributed by atoms with Crippen molar-refractivity contribution in [2.75, 3.05) is 10.6 Å². The molecule has 3 aromatic carbocycles. The lowest BCUT2D eigenvalue weighted by Gasteiger charge is -2.13. The second-order valence-corrected chi connectivity index (χ2v) is 7.10. The number of carbonyl (C=O) groups excluding carboxylic acids is 1. The fourth-order valence-corrected chi connectivity index (χ4v) is 2.69. The number of rotatable bonds is 8. The maximum atomic E-state index is 13.0. The molecule has 0 aliphatic rings. The van der Waals surface area contributed by atoms with Crippen LogP contribution < -0.4 is 15.4 Å². The molecule has 0 fully saturated rings. The zero-order chi connectivity index (χ0) is 20.6. The smallest absolute Gasteiger partial charge is 0.226 e. The summed E-state index contributed by atoms with van der Waals surface area (Å²) in [5.41, 5.74) is 3.65. The Balaban J connectivity index is 1.58. The highest BCUT2D eigenvalue weighted by Gasteiger charge is 2.07. The number of benzene rings is 3. The lowest BCUT2D eigenvalue weighted by molar-refractivity contribution is -0.118. The van der Waals surface area contributed by atoms with Crippen LogP contribution in [0.25, 0.3) is 0 Å². The van der Waals surface area contributed by atoms with Crippen molar-refractivity contribution in [3.8, 4) is 5.75 Å². The summed E-state index contributed by atoms with van der Waals surface area (Å²) in [6.45, 7) is 4.69. The molecule has 4 nitrogen and oxygen atoms in total. The summed E-state index contributed by atoms with van der Waals surface area (Å²) in [7, 11) is 0. The van der Waals surface area contributed by atoms with E-state index in [4.69, 9.17) is 4.74 Å². The zero-order valence-electron chi connectivity index (χ0n) is 16.6. The minimum Gasteiger partial charge on any atom is -0.489 e. The van der Waals surface area contributed by atoms with Crippen molar-refractivity contribution in [1.29, 1.82) is 0 Å². The number of hydrogen-bond donors (Lipinski definition) is 2. The lowest BCUT2D eigenvalue weighted by Crippen LogP contribution is -2.17. The molecule has 0 unspecified atom stereocenters. The Hall–Kier alpha value is -3.34. The van der Waals surface area contributed by atoms with Gasteiger partial charge in [0.05, 0.1) is 0 Å². The summed E-state index contributed by atoms with van der Waals surface area (Å²) < 4.78 is 19.0. The molecule has 0 atom stereocenters. The van der Waals surface area contributed by atoms with Crippen LogP contribution in [0.1, 0.15) is 25.0 Å². The van der Waals surface area contributed by atoms with Crippen molar-refractivity contribution in [2.24, 2.45) is 5.92 Å². The van der Waals surface area contributed by atoms with Crippen LogP contribution in [-0.4, -0.2) is 5.91 Å². The highest BCUT2D eigenvalue weighted by molar-refractivity contribution is 5.92. The Morgan fingerprint density at radius 2 is 1.59 bits per heavy atom. The first kappa shape index (κ1) is 20.4. The first-order valence-corrected chi connectivity index (χ1v) is 9.61. The highest BCUT2D eigenvalue weighted by Crippen LogP contribution is 2.22. The fraction of sp³-hybridized carbons (Fsp3) is 0.208. The molecule has 29 heavy (non-hydrogen) atoms.